The molecule has 2 heteroatoms. The first-order chi connectivity index (χ1) is 11.2. The van der Waals surface area contributed by atoms with Crippen LogP contribution in [0.5, 0.6) is 0 Å². The van der Waals surface area contributed by atoms with Crippen molar-refractivity contribution in [3.63, 3.8) is 0 Å². The monoisotopic (exact) mass is 315 g/mol. The summed E-state index contributed by atoms with van der Waals surface area (Å²) in [6.45, 7) is 7.94. The van der Waals surface area contributed by atoms with E-state index in [-0.39, 0.29) is 0 Å². The summed E-state index contributed by atoms with van der Waals surface area (Å²) in [4.78, 5) is 15.0. The number of unbranched alkanes of at least 4 members (excludes halogenated alkanes) is 1. The highest BCUT2D eigenvalue weighted by atomic mass is 16.1. The van der Waals surface area contributed by atoms with Crippen molar-refractivity contribution in [1.29, 1.82) is 0 Å². The maximum atomic E-state index is 12.4. The molecule has 0 amide bonds. The molecule has 0 aliphatic carbocycles. The number of piperidine rings is 1. The van der Waals surface area contributed by atoms with Gasteiger partial charge in [-0.1, -0.05) is 57.4 Å². The number of rotatable bonds is 9. The van der Waals surface area contributed by atoms with Gasteiger partial charge in [-0.3, -0.25) is 4.79 Å². The number of aryl methyl sites for hydroxylation is 1. The standard InChI is InChI=1S/C21H33NO/c1-3-5-9-18-13-16-22(17-14-18)15-8-12-21(23)20-11-7-6-10-19(20)4-2/h6-7,10-11,18H,3-5,8-9,12-17H2,1-2H3. The number of likely N-dealkylation sites (tertiary alicyclic amines) is 1. The average molecular weight is 316 g/mol. The minimum Gasteiger partial charge on any atom is -0.303 e. The van der Waals surface area contributed by atoms with E-state index in [1.54, 1.807) is 0 Å². The molecule has 1 aliphatic heterocycles. The van der Waals surface area contributed by atoms with Gasteiger partial charge in [-0.25, -0.2) is 0 Å². The Labute approximate surface area is 142 Å². The van der Waals surface area contributed by atoms with Crippen LogP contribution in [0.1, 0.15) is 74.7 Å². The Morgan fingerprint density at radius 1 is 1.13 bits per heavy atom. The first-order valence-electron chi connectivity index (χ1n) is 9.58. The Morgan fingerprint density at radius 3 is 2.57 bits per heavy atom. The van der Waals surface area contributed by atoms with Crippen LogP contribution < -0.4 is 0 Å². The summed E-state index contributed by atoms with van der Waals surface area (Å²) in [6.07, 6.45) is 9.45. The minimum atomic E-state index is 0.320. The fraction of sp³-hybridized carbons (Fsp3) is 0.667. The van der Waals surface area contributed by atoms with Crippen LogP contribution in [0.3, 0.4) is 0 Å². The Balaban J connectivity index is 1.68. The average Bonchev–Trinajstić information content (AvgIpc) is 2.61. The van der Waals surface area contributed by atoms with Crippen LogP contribution in [0, 0.1) is 5.92 Å². The van der Waals surface area contributed by atoms with Gasteiger partial charge in [0.2, 0.25) is 0 Å². The number of hydrogen-bond acceptors (Lipinski definition) is 2. The van der Waals surface area contributed by atoms with E-state index in [0.29, 0.717) is 12.2 Å². The Morgan fingerprint density at radius 2 is 1.87 bits per heavy atom. The molecule has 2 rings (SSSR count). The van der Waals surface area contributed by atoms with Crippen molar-refractivity contribution in [2.24, 2.45) is 5.92 Å². The Bertz CT molecular complexity index is 474. The van der Waals surface area contributed by atoms with E-state index in [0.717, 1.165) is 30.9 Å². The van der Waals surface area contributed by atoms with Crippen LogP contribution in [0.4, 0.5) is 0 Å². The van der Waals surface area contributed by atoms with Gasteiger partial charge in [0, 0.05) is 12.0 Å². The third kappa shape index (κ3) is 5.76. The number of carbonyl (C=O) groups excluding carboxylic acids is 1. The molecule has 1 saturated heterocycles. The summed E-state index contributed by atoms with van der Waals surface area (Å²) in [6, 6.07) is 8.07. The number of Topliss-reactive ketones (excluding diaryl/α,β-unsaturated/α-hetero) is 1. The molecule has 128 valence electrons. The van der Waals surface area contributed by atoms with Gasteiger partial charge in [-0.15, -0.1) is 0 Å². The molecular formula is C21H33NO. The van der Waals surface area contributed by atoms with Gasteiger partial charge in [0.25, 0.3) is 0 Å². The van der Waals surface area contributed by atoms with Crippen LogP contribution in [-0.2, 0) is 6.42 Å². The molecule has 0 unspecified atom stereocenters. The predicted molar refractivity (Wildman–Crippen MR) is 98.1 cm³/mol. The number of nitrogens with zero attached hydrogens (tertiary/aromatic N) is 1. The maximum Gasteiger partial charge on any atom is 0.163 e. The van der Waals surface area contributed by atoms with Crippen LogP contribution in [0.15, 0.2) is 24.3 Å². The summed E-state index contributed by atoms with van der Waals surface area (Å²) < 4.78 is 0. The van der Waals surface area contributed by atoms with Gasteiger partial charge >= 0.3 is 0 Å². The maximum absolute atomic E-state index is 12.4. The second-order valence-corrected chi connectivity index (χ2v) is 6.96. The molecule has 1 heterocycles. The molecule has 0 saturated carbocycles. The lowest BCUT2D eigenvalue weighted by Gasteiger charge is -2.31. The molecule has 0 N–H and O–H groups in total. The van der Waals surface area contributed by atoms with E-state index < -0.39 is 0 Å². The van der Waals surface area contributed by atoms with Gasteiger partial charge < -0.3 is 4.90 Å². The molecule has 1 aromatic carbocycles. The topological polar surface area (TPSA) is 20.3 Å². The first-order valence-corrected chi connectivity index (χ1v) is 9.58. The summed E-state index contributed by atoms with van der Waals surface area (Å²) in [5.41, 5.74) is 2.13. The number of benzene rings is 1. The van der Waals surface area contributed by atoms with Gasteiger partial charge in [0.05, 0.1) is 0 Å². The number of hydrogen-bond donors (Lipinski definition) is 0. The minimum absolute atomic E-state index is 0.320. The van der Waals surface area contributed by atoms with Gasteiger partial charge in [-0.05, 0) is 56.8 Å². The highest BCUT2D eigenvalue weighted by Gasteiger charge is 2.18. The van der Waals surface area contributed by atoms with E-state index in [1.165, 1.54) is 50.8 Å². The van der Waals surface area contributed by atoms with Gasteiger partial charge in [-0.2, -0.15) is 0 Å². The molecule has 0 atom stereocenters. The SMILES string of the molecule is CCCCC1CCN(CCCC(=O)c2ccccc2CC)CC1. The molecule has 2 nitrogen and oxygen atoms in total. The van der Waals surface area contributed by atoms with Gasteiger partial charge in [0.15, 0.2) is 5.78 Å². The quantitative estimate of drug-likeness (QED) is 0.590. The van der Waals surface area contributed by atoms with Crippen molar-refractivity contribution in [2.45, 2.75) is 65.2 Å². The second-order valence-electron chi connectivity index (χ2n) is 6.96. The van der Waals surface area contributed by atoms with Crippen LogP contribution >= 0.6 is 0 Å². The van der Waals surface area contributed by atoms with Crippen molar-refractivity contribution in [3.05, 3.63) is 35.4 Å². The fourth-order valence-corrected chi connectivity index (χ4v) is 3.69. The molecule has 0 bridgehead atoms. The van der Waals surface area contributed by atoms with E-state index in [1.807, 2.05) is 18.2 Å². The second kappa shape index (κ2) is 9.87. The summed E-state index contributed by atoms with van der Waals surface area (Å²) in [7, 11) is 0. The van der Waals surface area contributed by atoms with Crippen molar-refractivity contribution < 1.29 is 4.79 Å². The molecule has 0 radical (unpaired) electrons. The third-order valence-corrected chi connectivity index (χ3v) is 5.25. The van der Waals surface area contributed by atoms with Crippen molar-refractivity contribution in [1.82, 2.24) is 4.90 Å². The summed E-state index contributed by atoms with van der Waals surface area (Å²) in [5.74, 6) is 1.27. The van der Waals surface area contributed by atoms with Crippen LogP contribution in [0.2, 0.25) is 0 Å². The lowest BCUT2D eigenvalue weighted by atomic mass is 9.91. The molecular weight excluding hydrogens is 282 g/mol. The number of ketones is 1. The third-order valence-electron chi connectivity index (χ3n) is 5.25. The Kier molecular flexibility index (Phi) is 7.81. The predicted octanol–water partition coefficient (Wildman–Crippen LogP) is 5.11. The zero-order valence-corrected chi connectivity index (χ0v) is 15.0. The molecule has 0 spiro atoms. The highest BCUT2D eigenvalue weighted by molar-refractivity contribution is 5.97. The Hall–Kier alpha value is -1.15. The lowest BCUT2D eigenvalue weighted by molar-refractivity contribution is 0.0969. The largest absolute Gasteiger partial charge is 0.303 e. The van der Waals surface area contributed by atoms with E-state index >= 15 is 0 Å². The lowest BCUT2D eigenvalue weighted by Crippen LogP contribution is -2.34. The summed E-state index contributed by atoms with van der Waals surface area (Å²) in [5, 5.41) is 0. The van der Waals surface area contributed by atoms with Crippen molar-refractivity contribution in [2.75, 3.05) is 19.6 Å². The van der Waals surface area contributed by atoms with E-state index in [4.69, 9.17) is 0 Å². The molecule has 1 aliphatic rings. The first kappa shape index (κ1) is 18.2. The van der Waals surface area contributed by atoms with E-state index in [9.17, 15) is 4.79 Å². The van der Waals surface area contributed by atoms with Gasteiger partial charge in [0.1, 0.15) is 0 Å². The normalized spacial score (nSPS) is 16.6. The zero-order chi connectivity index (χ0) is 16.5. The molecule has 23 heavy (non-hydrogen) atoms. The molecule has 1 aromatic rings. The number of carbonyl (C=O) groups is 1. The highest BCUT2D eigenvalue weighted by Crippen LogP contribution is 2.23. The van der Waals surface area contributed by atoms with Crippen molar-refractivity contribution >= 4 is 5.78 Å². The molecule has 0 aromatic heterocycles. The smallest absolute Gasteiger partial charge is 0.163 e. The van der Waals surface area contributed by atoms with E-state index in [2.05, 4.69) is 24.8 Å². The molecule has 1 fully saturated rings. The van der Waals surface area contributed by atoms with Crippen LogP contribution in [-0.4, -0.2) is 30.3 Å². The van der Waals surface area contributed by atoms with Crippen molar-refractivity contribution in [3.8, 4) is 0 Å². The summed E-state index contributed by atoms with van der Waals surface area (Å²) >= 11 is 0. The van der Waals surface area contributed by atoms with Crippen LogP contribution in [0.25, 0.3) is 0 Å². The zero-order valence-electron chi connectivity index (χ0n) is 15.0. The fourth-order valence-electron chi connectivity index (χ4n) is 3.69.